The summed E-state index contributed by atoms with van der Waals surface area (Å²) in [7, 11) is 0. The Kier molecular flexibility index (Phi) is 5.09. The topological polar surface area (TPSA) is 104 Å². The Morgan fingerprint density at radius 3 is 2.52 bits per heavy atom. The molecule has 0 fully saturated rings. The van der Waals surface area contributed by atoms with Crippen LogP contribution in [0.4, 0.5) is 0 Å². The van der Waals surface area contributed by atoms with Gasteiger partial charge >= 0.3 is 5.97 Å². The van der Waals surface area contributed by atoms with Crippen LogP contribution in [-0.4, -0.2) is 27.5 Å². The van der Waals surface area contributed by atoms with Crippen molar-refractivity contribution in [3.8, 4) is 0 Å². The molecule has 0 aliphatic rings. The molecule has 0 radical (unpaired) electrons. The van der Waals surface area contributed by atoms with E-state index in [1.807, 2.05) is 0 Å². The minimum absolute atomic E-state index is 0.187. The highest BCUT2D eigenvalue weighted by molar-refractivity contribution is 7.20. The van der Waals surface area contributed by atoms with Crippen LogP contribution in [0, 0.1) is 6.92 Å². The van der Waals surface area contributed by atoms with Crippen LogP contribution in [0.3, 0.4) is 0 Å². The van der Waals surface area contributed by atoms with Crippen LogP contribution in [0.25, 0.3) is 10.2 Å². The van der Waals surface area contributed by atoms with Crippen molar-refractivity contribution >= 4 is 33.4 Å². The van der Waals surface area contributed by atoms with Crippen molar-refractivity contribution in [3.05, 3.63) is 62.5 Å². The Morgan fingerprint density at radius 2 is 1.93 bits per heavy atom. The van der Waals surface area contributed by atoms with Gasteiger partial charge in [0, 0.05) is 0 Å². The minimum Gasteiger partial charge on any atom is -0.459 e. The first-order chi connectivity index (χ1) is 12.8. The molecule has 140 valence electrons. The van der Waals surface area contributed by atoms with Gasteiger partial charge < -0.3 is 10.5 Å². The van der Waals surface area contributed by atoms with Gasteiger partial charge in [0.05, 0.1) is 34.8 Å². The van der Waals surface area contributed by atoms with E-state index in [2.05, 4.69) is 4.98 Å². The van der Waals surface area contributed by atoms with E-state index in [-0.39, 0.29) is 17.6 Å². The van der Waals surface area contributed by atoms with Crippen LogP contribution in [-0.2, 0) is 11.3 Å². The lowest BCUT2D eigenvalue weighted by atomic mass is 10.1. The summed E-state index contributed by atoms with van der Waals surface area (Å²) in [5.41, 5.74) is 6.97. The highest BCUT2D eigenvalue weighted by atomic mass is 32.1. The van der Waals surface area contributed by atoms with Crippen LogP contribution in [0.1, 0.15) is 45.0 Å². The van der Waals surface area contributed by atoms with Crippen molar-refractivity contribution in [1.82, 2.24) is 9.55 Å². The molecule has 1 amide bonds. The van der Waals surface area contributed by atoms with E-state index in [1.165, 1.54) is 10.9 Å². The van der Waals surface area contributed by atoms with Crippen molar-refractivity contribution in [1.29, 1.82) is 0 Å². The quantitative estimate of drug-likeness (QED) is 0.680. The summed E-state index contributed by atoms with van der Waals surface area (Å²) in [5.74, 6) is -0.949. The van der Waals surface area contributed by atoms with Crippen LogP contribution in [0.2, 0.25) is 0 Å². The summed E-state index contributed by atoms with van der Waals surface area (Å²) in [6, 6.07) is 6.86. The number of benzene rings is 1. The Balaban J connectivity index is 1.90. The number of amides is 1. The van der Waals surface area contributed by atoms with Gasteiger partial charge in [0.15, 0.2) is 0 Å². The van der Waals surface area contributed by atoms with Crippen molar-refractivity contribution in [2.24, 2.45) is 5.73 Å². The van der Waals surface area contributed by atoms with Crippen LogP contribution in [0.5, 0.6) is 0 Å². The summed E-state index contributed by atoms with van der Waals surface area (Å²) in [6.07, 6.45) is 1.26. The molecule has 0 bridgehead atoms. The number of hydrogen-bond acceptors (Lipinski definition) is 6. The van der Waals surface area contributed by atoms with E-state index < -0.39 is 5.91 Å². The number of hydrogen-bond donors (Lipinski definition) is 1. The zero-order valence-corrected chi connectivity index (χ0v) is 16.0. The van der Waals surface area contributed by atoms with E-state index >= 15 is 0 Å². The van der Waals surface area contributed by atoms with E-state index in [1.54, 1.807) is 45.0 Å². The molecule has 3 rings (SSSR count). The summed E-state index contributed by atoms with van der Waals surface area (Å²) >= 11 is 1.12. The summed E-state index contributed by atoms with van der Waals surface area (Å²) < 4.78 is 6.62. The van der Waals surface area contributed by atoms with Crippen molar-refractivity contribution in [3.63, 3.8) is 0 Å². The largest absolute Gasteiger partial charge is 0.459 e. The van der Waals surface area contributed by atoms with Gasteiger partial charge in [0.1, 0.15) is 4.83 Å². The van der Waals surface area contributed by atoms with Gasteiger partial charge in [-0.05, 0) is 44.0 Å². The number of rotatable bonds is 5. The molecule has 0 aliphatic heterocycles. The predicted octanol–water partition coefficient (Wildman–Crippen LogP) is 2.48. The van der Waals surface area contributed by atoms with E-state index in [9.17, 15) is 14.4 Å². The third-order valence-electron chi connectivity index (χ3n) is 4.03. The van der Waals surface area contributed by atoms with Gasteiger partial charge in [-0.3, -0.25) is 14.2 Å². The maximum Gasteiger partial charge on any atom is 0.338 e. The summed E-state index contributed by atoms with van der Waals surface area (Å²) in [4.78, 5) is 41.3. The fraction of sp³-hybridized carbons (Fsp3) is 0.263. The second-order valence-corrected chi connectivity index (χ2v) is 7.43. The molecule has 2 aromatic heterocycles. The molecule has 2 N–H and O–H groups in total. The standard InChI is InChI=1S/C19H19N3O4S/c1-10(2)26-19(25)13-6-4-12(5-7-13)8-22-9-21-17-14(18(22)24)11(3)15(27-17)16(20)23/h4-7,9-10H,8H2,1-3H3,(H2,20,23). The number of esters is 1. The molecule has 0 atom stereocenters. The van der Waals surface area contributed by atoms with E-state index in [4.69, 9.17) is 10.5 Å². The molecular formula is C19H19N3O4S. The Bertz CT molecular complexity index is 1080. The second-order valence-electron chi connectivity index (χ2n) is 6.43. The number of aromatic nitrogens is 2. The molecule has 7 nitrogen and oxygen atoms in total. The van der Waals surface area contributed by atoms with Gasteiger partial charge in [0.2, 0.25) is 0 Å². The first-order valence-electron chi connectivity index (χ1n) is 8.36. The molecular weight excluding hydrogens is 366 g/mol. The second kappa shape index (κ2) is 7.32. The van der Waals surface area contributed by atoms with Crippen LogP contribution < -0.4 is 11.3 Å². The van der Waals surface area contributed by atoms with Crippen molar-refractivity contribution in [2.45, 2.75) is 33.4 Å². The molecule has 0 spiro atoms. The van der Waals surface area contributed by atoms with E-state index in [0.717, 1.165) is 16.9 Å². The number of nitrogens with two attached hydrogens (primary N) is 1. The molecule has 2 heterocycles. The zero-order valence-electron chi connectivity index (χ0n) is 15.2. The lowest BCUT2D eigenvalue weighted by Crippen LogP contribution is -2.21. The first-order valence-corrected chi connectivity index (χ1v) is 9.18. The number of carbonyl (C=O) groups excluding carboxylic acids is 2. The Labute approximate surface area is 159 Å². The van der Waals surface area contributed by atoms with Crippen molar-refractivity contribution < 1.29 is 14.3 Å². The average molecular weight is 385 g/mol. The molecule has 3 aromatic rings. The minimum atomic E-state index is -0.565. The summed E-state index contributed by atoms with van der Waals surface area (Å²) in [5, 5.41) is 0.411. The van der Waals surface area contributed by atoms with E-state index in [0.29, 0.717) is 32.8 Å². The number of aryl methyl sites for hydroxylation is 1. The molecule has 0 unspecified atom stereocenters. The number of ether oxygens (including phenoxy) is 1. The summed E-state index contributed by atoms with van der Waals surface area (Å²) in [6.45, 7) is 5.57. The monoisotopic (exact) mass is 385 g/mol. The third-order valence-corrected chi connectivity index (χ3v) is 5.24. The van der Waals surface area contributed by atoms with Gasteiger partial charge in [-0.25, -0.2) is 9.78 Å². The molecule has 0 aliphatic carbocycles. The first kappa shape index (κ1) is 18.8. The molecule has 8 heteroatoms. The van der Waals surface area contributed by atoms with Gasteiger partial charge in [-0.15, -0.1) is 11.3 Å². The number of thiophene rings is 1. The normalized spacial score (nSPS) is 11.1. The third kappa shape index (κ3) is 3.75. The molecule has 0 saturated heterocycles. The Hall–Kier alpha value is -3.00. The SMILES string of the molecule is Cc1c(C(N)=O)sc2ncn(Cc3ccc(C(=O)OC(C)C)cc3)c(=O)c12. The molecule has 1 aromatic carbocycles. The Morgan fingerprint density at radius 1 is 1.26 bits per heavy atom. The fourth-order valence-electron chi connectivity index (χ4n) is 2.73. The lowest BCUT2D eigenvalue weighted by Gasteiger charge is -2.09. The fourth-order valence-corrected chi connectivity index (χ4v) is 3.72. The average Bonchev–Trinajstić information content (AvgIpc) is 2.95. The van der Waals surface area contributed by atoms with Crippen LogP contribution >= 0.6 is 11.3 Å². The van der Waals surface area contributed by atoms with Crippen molar-refractivity contribution in [2.75, 3.05) is 0 Å². The number of fused-ring (bicyclic) bond motifs is 1. The maximum atomic E-state index is 12.8. The number of primary amides is 1. The van der Waals surface area contributed by atoms with Gasteiger partial charge in [-0.2, -0.15) is 0 Å². The highest BCUT2D eigenvalue weighted by Gasteiger charge is 2.17. The van der Waals surface area contributed by atoms with Crippen LogP contribution in [0.15, 0.2) is 35.4 Å². The van der Waals surface area contributed by atoms with Gasteiger partial charge in [-0.1, -0.05) is 12.1 Å². The molecule has 0 saturated carbocycles. The molecule has 27 heavy (non-hydrogen) atoms. The number of carbonyl (C=O) groups is 2. The zero-order chi connectivity index (χ0) is 19.7. The maximum absolute atomic E-state index is 12.8. The van der Waals surface area contributed by atoms with Gasteiger partial charge in [0.25, 0.3) is 11.5 Å². The highest BCUT2D eigenvalue weighted by Crippen LogP contribution is 2.26. The predicted molar refractivity (Wildman–Crippen MR) is 103 cm³/mol. The lowest BCUT2D eigenvalue weighted by molar-refractivity contribution is 0.0378. The number of nitrogens with zero attached hydrogens (tertiary/aromatic N) is 2. The smallest absolute Gasteiger partial charge is 0.338 e.